The van der Waals surface area contributed by atoms with Crippen LogP contribution in [0.1, 0.15) is 18.4 Å². The molecule has 0 aliphatic heterocycles. The van der Waals surface area contributed by atoms with E-state index >= 15 is 0 Å². The van der Waals surface area contributed by atoms with Crippen LogP contribution in [0.2, 0.25) is 0 Å². The molecule has 0 fully saturated rings. The van der Waals surface area contributed by atoms with Crippen molar-refractivity contribution in [2.75, 3.05) is 20.3 Å². The van der Waals surface area contributed by atoms with Crippen molar-refractivity contribution >= 4 is 10.9 Å². The van der Waals surface area contributed by atoms with E-state index in [1.54, 1.807) is 7.11 Å². The minimum absolute atomic E-state index is 0.275. The highest BCUT2D eigenvalue weighted by Gasteiger charge is 2.30. The van der Waals surface area contributed by atoms with Gasteiger partial charge in [0.2, 0.25) is 0 Å². The monoisotopic (exact) mass is 248 g/mol. The molecule has 1 unspecified atom stereocenters. The Bertz CT molecular complexity index is 509. The summed E-state index contributed by atoms with van der Waals surface area (Å²) in [5, 5.41) is 11.9. The predicted molar refractivity (Wildman–Crippen MR) is 72.4 cm³/mol. The number of benzene rings is 1. The number of aliphatic hydroxyl groups is 1. The average molecular weight is 248 g/mol. The number of methoxy groups -OCH3 is 1. The first-order valence-corrected chi connectivity index (χ1v) is 6.19. The molecule has 0 aliphatic rings. The maximum absolute atomic E-state index is 10.8. The van der Waals surface area contributed by atoms with Crippen molar-refractivity contribution in [3.63, 3.8) is 0 Å². The van der Waals surface area contributed by atoms with E-state index in [0.717, 1.165) is 22.9 Å². The molecule has 2 rings (SSSR count). The Kier molecular flexibility index (Phi) is 4.01. The number of ether oxygens (including phenoxy) is 1. The lowest BCUT2D eigenvalue weighted by Crippen LogP contribution is -2.32. The molecule has 1 aromatic heterocycles. The van der Waals surface area contributed by atoms with Gasteiger partial charge in [0.15, 0.2) is 0 Å². The van der Waals surface area contributed by atoms with Gasteiger partial charge in [0.1, 0.15) is 5.60 Å². The smallest absolute Gasteiger partial charge is 0.114 e. The van der Waals surface area contributed by atoms with Crippen LogP contribution >= 0.6 is 0 Å². The Labute approximate surface area is 107 Å². The molecule has 4 nitrogen and oxygen atoms in total. The van der Waals surface area contributed by atoms with Gasteiger partial charge < -0.3 is 20.6 Å². The van der Waals surface area contributed by atoms with Gasteiger partial charge in [-0.15, -0.1) is 0 Å². The summed E-state index contributed by atoms with van der Waals surface area (Å²) in [6, 6.07) is 7.87. The third-order valence-electron chi connectivity index (χ3n) is 3.27. The lowest BCUT2D eigenvalue weighted by molar-refractivity contribution is -0.0418. The predicted octanol–water partition coefficient (Wildman–Crippen LogP) is 1.74. The van der Waals surface area contributed by atoms with Gasteiger partial charge >= 0.3 is 0 Å². The van der Waals surface area contributed by atoms with E-state index in [1.807, 2.05) is 30.5 Å². The van der Waals surface area contributed by atoms with Crippen molar-refractivity contribution in [2.24, 2.45) is 5.73 Å². The Hall–Kier alpha value is -1.36. The van der Waals surface area contributed by atoms with Gasteiger partial charge in [-0.05, 0) is 37.1 Å². The number of H-pyrrole nitrogens is 1. The van der Waals surface area contributed by atoms with Crippen molar-refractivity contribution < 1.29 is 9.84 Å². The number of fused-ring (bicyclic) bond motifs is 1. The fourth-order valence-electron chi connectivity index (χ4n) is 2.41. The zero-order valence-corrected chi connectivity index (χ0v) is 10.6. The molecule has 0 spiro atoms. The number of aromatic nitrogens is 1. The van der Waals surface area contributed by atoms with Crippen LogP contribution in [0.4, 0.5) is 0 Å². The Balaban J connectivity index is 2.43. The topological polar surface area (TPSA) is 71.3 Å². The van der Waals surface area contributed by atoms with Crippen molar-refractivity contribution in [3.8, 4) is 0 Å². The Morgan fingerprint density at radius 3 is 2.94 bits per heavy atom. The minimum Gasteiger partial charge on any atom is -0.383 e. The van der Waals surface area contributed by atoms with Gasteiger partial charge in [-0.3, -0.25) is 0 Å². The van der Waals surface area contributed by atoms with E-state index in [0.29, 0.717) is 13.0 Å². The summed E-state index contributed by atoms with van der Waals surface area (Å²) in [4.78, 5) is 3.15. The zero-order chi connectivity index (χ0) is 13.0. The summed E-state index contributed by atoms with van der Waals surface area (Å²) in [5.41, 5.74) is 6.49. The maximum Gasteiger partial charge on any atom is 0.114 e. The second kappa shape index (κ2) is 5.52. The van der Waals surface area contributed by atoms with Crippen LogP contribution < -0.4 is 5.73 Å². The first-order chi connectivity index (χ1) is 8.71. The van der Waals surface area contributed by atoms with Gasteiger partial charge in [0.05, 0.1) is 6.61 Å². The summed E-state index contributed by atoms with van der Waals surface area (Å²) in [5.74, 6) is 0. The number of aromatic amines is 1. The van der Waals surface area contributed by atoms with Crippen LogP contribution in [0.3, 0.4) is 0 Å². The average Bonchev–Trinajstić information content (AvgIpc) is 2.84. The second-order valence-corrected chi connectivity index (χ2v) is 4.60. The van der Waals surface area contributed by atoms with Gasteiger partial charge in [0.25, 0.3) is 0 Å². The van der Waals surface area contributed by atoms with E-state index in [4.69, 9.17) is 10.5 Å². The van der Waals surface area contributed by atoms with Crippen LogP contribution in [0, 0.1) is 0 Å². The lowest BCUT2D eigenvalue weighted by Gasteiger charge is -2.28. The highest BCUT2D eigenvalue weighted by Crippen LogP contribution is 2.32. The van der Waals surface area contributed by atoms with Crippen LogP contribution in [-0.2, 0) is 10.3 Å². The molecule has 0 radical (unpaired) electrons. The van der Waals surface area contributed by atoms with Crippen LogP contribution in [0.25, 0.3) is 10.9 Å². The van der Waals surface area contributed by atoms with E-state index in [1.165, 1.54) is 0 Å². The molecule has 18 heavy (non-hydrogen) atoms. The quantitative estimate of drug-likeness (QED) is 0.729. The highest BCUT2D eigenvalue weighted by molar-refractivity contribution is 5.83. The molecule has 4 N–H and O–H groups in total. The second-order valence-electron chi connectivity index (χ2n) is 4.60. The molecule has 4 heteroatoms. The summed E-state index contributed by atoms with van der Waals surface area (Å²) >= 11 is 0. The number of rotatable bonds is 6. The summed E-state index contributed by atoms with van der Waals surface area (Å²) < 4.78 is 5.18. The van der Waals surface area contributed by atoms with Crippen molar-refractivity contribution in [2.45, 2.75) is 18.4 Å². The lowest BCUT2D eigenvalue weighted by atomic mass is 9.87. The summed E-state index contributed by atoms with van der Waals surface area (Å²) in [6.07, 6.45) is 3.24. The molecular weight excluding hydrogens is 228 g/mol. The first kappa shape index (κ1) is 13.1. The molecule has 98 valence electrons. The number of hydrogen-bond donors (Lipinski definition) is 3. The first-order valence-electron chi connectivity index (χ1n) is 6.19. The van der Waals surface area contributed by atoms with Crippen LogP contribution in [0.5, 0.6) is 0 Å². The third-order valence-corrected chi connectivity index (χ3v) is 3.27. The van der Waals surface area contributed by atoms with Crippen LogP contribution in [-0.4, -0.2) is 30.4 Å². The molecule has 1 atom stereocenters. The maximum atomic E-state index is 10.8. The molecule has 0 saturated heterocycles. The van der Waals surface area contributed by atoms with Crippen molar-refractivity contribution in [1.82, 2.24) is 4.98 Å². The Morgan fingerprint density at radius 2 is 2.22 bits per heavy atom. The molecule has 0 bridgehead atoms. The molecule has 1 heterocycles. The molecular formula is C14H20N2O2. The molecule has 0 aliphatic carbocycles. The number of nitrogens with two attached hydrogens (primary N) is 1. The zero-order valence-electron chi connectivity index (χ0n) is 10.6. The third kappa shape index (κ3) is 2.41. The van der Waals surface area contributed by atoms with E-state index in [-0.39, 0.29) is 6.61 Å². The van der Waals surface area contributed by atoms with Gasteiger partial charge in [-0.25, -0.2) is 0 Å². The van der Waals surface area contributed by atoms with Crippen molar-refractivity contribution in [1.29, 1.82) is 0 Å². The van der Waals surface area contributed by atoms with Crippen molar-refractivity contribution in [3.05, 3.63) is 36.0 Å². The standard InChI is InChI=1S/C14H20N2O2/c1-18-10-14(17,7-3-8-15)12-4-2-5-13-11(12)6-9-16-13/h2,4-6,9,16-17H,3,7-8,10,15H2,1H3. The molecule has 0 amide bonds. The van der Waals surface area contributed by atoms with Gasteiger partial charge in [-0.1, -0.05) is 12.1 Å². The molecule has 0 saturated carbocycles. The van der Waals surface area contributed by atoms with E-state index in [2.05, 4.69) is 4.98 Å². The molecule has 2 aromatic rings. The SMILES string of the molecule is COCC(O)(CCCN)c1cccc2[nH]ccc12. The van der Waals surface area contributed by atoms with Crippen LogP contribution in [0.15, 0.2) is 30.5 Å². The van der Waals surface area contributed by atoms with Gasteiger partial charge in [-0.2, -0.15) is 0 Å². The Morgan fingerprint density at radius 1 is 1.39 bits per heavy atom. The summed E-state index contributed by atoms with van der Waals surface area (Å²) in [6.45, 7) is 0.840. The van der Waals surface area contributed by atoms with E-state index in [9.17, 15) is 5.11 Å². The fourth-order valence-corrected chi connectivity index (χ4v) is 2.41. The fraction of sp³-hybridized carbons (Fsp3) is 0.429. The number of hydrogen-bond acceptors (Lipinski definition) is 3. The van der Waals surface area contributed by atoms with E-state index < -0.39 is 5.60 Å². The summed E-state index contributed by atoms with van der Waals surface area (Å²) in [7, 11) is 1.60. The normalized spacial score (nSPS) is 14.8. The minimum atomic E-state index is -0.976. The van der Waals surface area contributed by atoms with Gasteiger partial charge in [0, 0.05) is 24.2 Å². The largest absolute Gasteiger partial charge is 0.383 e. The number of nitrogens with one attached hydrogen (secondary N) is 1. The highest BCUT2D eigenvalue weighted by atomic mass is 16.5. The molecule has 1 aromatic carbocycles.